The third-order valence-electron chi connectivity index (χ3n) is 20.6. The summed E-state index contributed by atoms with van der Waals surface area (Å²) in [6, 6.07) is 29.7. The summed E-state index contributed by atoms with van der Waals surface area (Å²) >= 11 is 0. The van der Waals surface area contributed by atoms with E-state index in [0.29, 0.717) is 0 Å². The fourth-order valence-corrected chi connectivity index (χ4v) is 14.2. The molecule has 1 N–H and O–H groups in total. The van der Waals surface area contributed by atoms with Gasteiger partial charge in [-0.1, -0.05) is 39.7 Å². The van der Waals surface area contributed by atoms with Crippen molar-refractivity contribution in [1.29, 1.82) is 0 Å². The quantitative estimate of drug-likeness (QED) is 0.0454. The van der Waals surface area contributed by atoms with Gasteiger partial charge in [-0.2, -0.15) is 0 Å². The predicted octanol–water partition coefficient (Wildman–Crippen LogP) is 15.5. The zero-order chi connectivity index (χ0) is 66.3. The van der Waals surface area contributed by atoms with Gasteiger partial charge in [0.05, 0.1) is 67.8 Å². The van der Waals surface area contributed by atoms with Gasteiger partial charge in [-0.3, -0.25) is 9.80 Å². The lowest BCUT2D eigenvalue weighted by molar-refractivity contribution is 0.172. The predicted molar refractivity (Wildman–Crippen MR) is 396 cm³/mol. The van der Waals surface area contributed by atoms with Crippen LogP contribution in [0.1, 0.15) is 141 Å². The molecule has 3 saturated heterocycles. The number of benzene rings is 5. The van der Waals surface area contributed by atoms with Crippen LogP contribution in [0.15, 0.2) is 98.5 Å². The van der Waals surface area contributed by atoms with Crippen LogP contribution in [-0.2, 0) is 52.0 Å². The minimum Gasteiger partial charge on any atom is -0.497 e. The third-order valence-corrected chi connectivity index (χ3v) is 20.6. The maximum Gasteiger partial charge on any atom is 0.175 e. The lowest BCUT2D eigenvalue weighted by Gasteiger charge is -2.32. The largest absolute Gasteiger partial charge is 0.497 e. The van der Waals surface area contributed by atoms with Gasteiger partial charge in [0.2, 0.25) is 0 Å². The smallest absolute Gasteiger partial charge is 0.175 e. The first-order valence-electron chi connectivity index (χ1n) is 36.3. The van der Waals surface area contributed by atoms with Gasteiger partial charge in [-0.15, -0.1) is 24.8 Å². The Morgan fingerprint density at radius 3 is 1.05 bits per heavy atom. The highest BCUT2D eigenvalue weighted by atomic mass is 35.5. The molecule has 0 spiro atoms. The van der Waals surface area contributed by atoms with Gasteiger partial charge >= 0.3 is 0 Å². The van der Waals surface area contributed by atoms with Gasteiger partial charge in [0.15, 0.2) is 16.7 Å². The highest BCUT2D eigenvalue weighted by Crippen LogP contribution is 2.39. The van der Waals surface area contributed by atoms with Gasteiger partial charge < -0.3 is 57.3 Å². The maximum atomic E-state index is 6.17. The van der Waals surface area contributed by atoms with Crippen LogP contribution in [0.4, 0.5) is 0 Å². The van der Waals surface area contributed by atoms with Gasteiger partial charge in [0.1, 0.15) is 28.7 Å². The summed E-state index contributed by atoms with van der Waals surface area (Å²) in [5, 5.41) is 20.4. The van der Waals surface area contributed by atoms with Crippen molar-refractivity contribution in [2.24, 2.45) is 35.5 Å². The molecule has 0 unspecified atom stereocenters. The van der Waals surface area contributed by atoms with Crippen molar-refractivity contribution in [1.82, 2.24) is 45.3 Å². The molecular weight excluding hydrogens is 1270 g/mol. The summed E-state index contributed by atoms with van der Waals surface area (Å²) < 4.78 is 46.8. The van der Waals surface area contributed by atoms with Gasteiger partial charge in [0.25, 0.3) is 0 Å². The summed E-state index contributed by atoms with van der Waals surface area (Å²) in [4.78, 5) is 11.6. The van der Waals surface area contributed by atoms with Crippen molar-refractivity contribution in [2.45, 2.75) is 148 Å². The second-order valence-electron chi connectivity index (χ2n) is 29.6. The topological polar surface area (TPSA) is 152 Å². The van der Waals surface area contributed by atoms with E-state index in [2.05, 4.69) is 160 Å². The molecule has 98 heavy (non-hydrogen) atoms. The van der Waals surface area contributed by atoms with E-state index in [1.165, 1.54) is 94.6 Å². The second kappa shape index (κ2) is 36.5. The normalized spacial score (nSPS) is 17.4. The van der Waals surface area contributed by atoms with E-state index in [4.69, 9.17) is 37.3 Å². The molecule has 19 heteroatoms. The number of halogens is 2. The summed E-state index contributed by atoms with van der Waals surface area (Å²) in [6.07, 6.45) is 21.7. The number of rotatable bonds is 30. The standard InChI is InChI=1S/2C29H39N3O3.C21H31N3O2.2ClH/c2*1-31(2)19-26-28(34-20-22-7-8-22)12-10-25-27(30-35-29(25)26)11-9-21-13-15-32(16-14-21)18-23-5-4-6-24(17-23)33-3;1-24(2)13-18-20(25-14-16-3-4-16)8-6-17-19(23-26-21(17)18)7-5-15-9-11-22-12-10-15;;/h2*4-6,10,12,17,21-22H,7-9,11,13-16,18-20H2,1-3H3;6,8,15-16,22H,3-5,7,9-14H2,1-2H3;2*1H. The molecule has 8 aromatic rings. The Balaban J connectivity index is 0.000000160. The van der Waals surface area contributed by atoms with Crippen LogP contribution in [0.25, 0.3) is 32.9 Å². The number of piperidine rings is 3. The van der Waals surface area contributed by atoms with Crippen molar-refractivity contribution >= 4 is 57.7 Å². The zero-order valence-corrected chi connectivity index (χ0v) is 61.5. The van der Waals surface area contributed by atoms with Crippen molar-refractivity contribution < 1.29 is 37.3 Å². The van der Waals surface area contributed by atoms with E-state index < -0.39 is 0 Å². The molecule has 6 fully saturated rings. The average molecular weight is 1390 g/mol. The van der Waals surface area contributed by atoms with Crippen LogP contribution < -0.4 is 29.0 Å². The minimum absolute atomic E-state index is 0. The lowest BCUT2D eigenvalue weighted by atomic mass is 9.91. The molecule has 14 rings (SSSR count). The number of hydrogen-bond acceptors (Lipinski definition) is 17. The third kappa shape index (κ3) is 21.2. The molecule has 0 amide bonds. The molecular formula is C79H111Cl2N9O8. The van der Waals surface area contributed by atoms with E-state index >= 15 is 0 Å². The van der Waals surface area contributed by atoms with E-state index in [1.54, 1.807) is 14.2 Å². The second-order valence-corrected chi connectivity index (χ2v) is 29.6. The van der Waals surface area contributed by atoms with Gasteiger partial charge in [-0.25, -0.2) is 0 Å². The molecule has 0 atom stereocenters. The van der Waals surface area contributed by atoms with Crippen LogP contribution in [0.3, 0.4) is 0 Å². The van der Waals surface area contributed by atoms with E-state index in [-0.39, 0.29) is 24.8 Å². The average Bonchev–Trinajstić information content (AvgIpc) is 1.77. The number of aryl methyl sites for hydroxylation is 3. The summed E-state index contributed by atoms with van der Waals surface area (Å²) in [5.74, 6) is 9.22. The Morgan fingerprint density at radius 2 is 0.745 bits per heavy atom. The Labute approximate surface area is 595 Å². The SMILES string of the molecule is CN(C)Cc1c(OCC2CC2)ccc2c(CCC3CCNCC3)noc12.COc1cccc(CN2CCC(CCc3noc4c(CN(C)C)c(OCC5CC5)ccc34)CC2)c1.COc1cccc(CN2CCC(CCc3noc4c(CN(C)C)c(OCC5CC5)ccc34)CC2)c1.Cl.Cl. The van der Waals surface area contributed by atoms with Crippen LogP contribution in [0.5, 0.6) is 28.7 Å². The first-order chi connectivity index (χ1) is 46.9. The monoisotopic (exact) mass is 1380 g/mol. The molecule has 0 radical (unpaired) electrons. The first kappa shape index (κ1) is 74.5. The van der Waals surface area contributed by atoms with Crippen LogP contribution in [0, 0.1) is 35.5 Å². The molecule has 0 bridgehead atoms. The molecule has 5 aromatic carbocycles. The zero-order valence-electron chi connectivity index (χ0n) is 59.8. The molecule has 3 aliphatic carbocycles. The van der Waals surface area contributed by atoms with Crippen LogP contribution >= 0.6 is 24.8 Å². The molecule has 3 saturated carbocycles. The van der Waals surface area contributed by atoms with Crippen molar-refractivity contribution in [3.63, 3.8) is 0 Å². The molecule has 6 heterocycles. The van der Waals surface area contributed by atoms with E-state index in [1.807, 2.05) is 12.1 Å². The first-order valence-corrected chi connectivity index (χ1v) is 36.3. The lowest BCUT2D eigenvalue weighted by Crippen LogP contribution is -2.33. The maximum absolute atomic E-state index is 6.17. The van der Waals surface area contributed by atoms with Gasteiger partial charge in [-0.05, 0) is 304 Å². The number of fused-ring (bicyclic) bond motifs is 3. The number of aromatic nitrogens is 3. The van der Waals surface area contributed by atoms with E-state index in [9.17, 15) is 0 Å². The number of nitrogens with zero attached hydrogens (tertiary/aromatic N) is 8. The molecule has 3 aromatic heterocycles. The molecule has 3 aliphatic heterocycles. The Bertz CT molecular complexity index is 3550. The van der Waals surface area contributed by atoms with Crippen molar-refractivity contribution in [3.05, 3.63) is 130 Å². The Hall–Kier alpha value is -6.15. The summed E-state index contributed by atoms with van der Waals surface area (Å²) in [6.45, 7) is 13.7. The molecule has 17 nitrogen and oxygen atoms in total. The van der Waals surface area contributed by atoms with Gasteiger partial charge in [0, 0.05) is 48.9 Å². The number of likely N-dealkylation sites (tertiary alicyclic amines) is 2. The van der Waals surface area contributed by atoms with Crippen LogP contribution in [0.2, 0.25) is 0 Å². The van der Waals surface area contributed by atoms with Crippen LogP contribution in [-0.4, -0.2) is 156 Å². The Morgan fingerprint density at radius 1 is 0.418 bits per heavy atom. The van der Waals surface area contributed by atoms with Crippen molar-refractivity contribution in [3.8, 4) is 28.7 Å². The number of ether oxygens (including phenoxy) is 5. The van der Waals surface area contributed by atoms with E-state index in [0.717, 1.165) is 255 Å². The number of methoxy groups -OCH3 is 2. The molecule has 6 aliphatic rings. The minimum atomic E-state index is 0. The summed E-state index contributed by atoms with van der Waals surface area (Å²) in [5.41, 5.74) is 12.0. The number of hydrogen-bond donors (Lipinski definition) is 1. The molecule has 534 valence electrons. The highest BCUT2D eigenvalue weighted by Gasteiger charge is 2.29. The Kier molecular flexibility index (Phi) is 27.7. The highest BCUT2D eigenvalue weighted by molar-refractivity contribution is 5.87. The fraction of sp³-hybridized carbons (Fsp3) is 0.582. The number of nitrogens with one attached hydrogen (secondary N) is 1. The summed E-state index contributed by atoms with van der Waals surface area (Å²) in [7, 11) is 16.0. The van der Waals surface area contributed by atoms with Crippen molar-refractivity contribution in [2.75, 3.05) is 116 Å². The fourth-order valence-electron chi connectivity index (χ4n) is 14.2.